The van der Waals surface area contributed by atoms with Gasteiger partial charge < -0.3 is 24.4 Å². The molecule has 2 saturated carbocycles. The molecule has 0 bridgehead atoms. The number of allylic oxidation sites excluding steroid dienone is 4. The molecule has 2 aromatic carbocycles. The zero-order chi connectivity index (χ0) is 29.3. The number of hydrogen-bond donors (Lipinski definition) is 1. The maximum atomic E-state index is 11.9. The molecule has 8 nitrogen and oxygen atoms in total. The van der Waals surface area contributed by atoms with E-state index in [9.17, 15) is 4.79 Å². The molecule has 3 fully saturated rings. The summed E-state index contributed by atoms with van der Waals surface area (Å²) in [7, 11) is 3.30. The van der Waals surface area contributed by atoms with Crippen LogP contribution in [0.15, 0.2) is 67.5 Å². The Balaban J connectivity index is 1.22. The van der Waals surface area contributed by atoms with Gasteiger partial charge in [0.2, 0.25) is 5.91 Å². The van der Waals surface area contributed by atoms with Crippen LogP contribution in [0, 0.1) is 11.3 Å². The van der Waals surface area contributed by atoms with Crippen molar-refractivity contribution in [3.8, 4) is 17.2 Å². The van der Waals surface area contributed by atoms with Gasteiger partial charge in [0.25, 0.3) is 0 Å². The third kappa shape index (κ3) is 5.45. The molecule has 1 amide bonds. The zero-order valence-electron chi connectivity index (χ0n) is 24.6. The second-order valence-electron chi connectivity index (χ2n) is 11.8. The minimum absolute atomic E-state index is 0.00430. The Morgan fingerprint density at radius 1 is 1.07 bits per heavy atom. The van der Waals surface area contributed by atoms with Gasteiger partial charge in [-0.05, 0) is 73.9 Å². The summed E-state index contributed by atoms with van der Waals surface area (Å²) in [5.41, 5.74) is 3.99. The van der Waals surface area contributed by atoms with Gasteiger partial charge in [0.15, 0.2) is 11.5 Å². The number of rotatable bonds is 10. The minimum atomic E-state index is -0.00430. The molecular weight excluding hydrogens is 528 g/mol. The number of carbonyl (C=O) groups excluding carboxylic acids is 1. The van der Waals surface area contributed by atoms with Crippen LogP contribution >= 0.6 is 0 Å². The van der Waals surface area contributed by atoms with Crippen molar-refractivity contribution in [2.75, 3.05) is 32.6 Å². The molecule has 0 atom stereocenters. The van der Waals surface area contributed by atoms with Crippen molar-refractivity contribution in [2.45, 2.75) is 45.1 Å². The lowest BCUT2D eigenvalue weighted by Gasteiger charge is -2.58. The van der Waals surface area contributed by atoms with E-state index in [1.165, 1.54) is 30.9 Å². The summed E-state index contributed by atoms with van der Waals surface area (Å²) in [6.07, 6.45) is 15.4. The van der Waals surface area contributed by atoms with Crippen LogP contribution in [0.5, 0.6) is 17.2 Å². The van der Waals surface area contributed by atoms with Crippen molar-refractivity contribution in [3.63, 3.8) is 0 Å². The van der Waals surface area contributed by atoms with Crippen LogP contribution in [0.1, 0.15) is 44.6 Å². The molecule has 1 aromatic heterocycles. The maximum absolute atomic E-state index is 11.9. The summed E-state index contributed by atoms with van der Waals surface area (Å²) >= 11 is 0. The SMILES string of the molecule is C=CC(=O)N1CC2(CC(Oc3cc4c(Nc5cc(/C(C)=C/C=C\C6CCC6)ccc5OC)ncnc4cc3OC)C2)C1. The van der Waals surface area contributed by atoms with E-state index < -0.39 is 0 Å². The molecular formula is C34H38N4O4. The Hall–Kier alpha value is -4.33. The molecule has 6 rings (SSSR count). The van der Waals surface area contributed by atoms with Crippen LogP contribution < -0.4 is 19.5 Å². The van der Waals surface area contributed by atoms with Crippen molar-refractivity contribution in [2.24, 2.45) is 11.3 Å². The Morgan fingerprint density at radius 3 is 2.55 bits per heavy atom. The van der Waals surface area contributed by atoms with E-state index in [-0.39, 0.29) is 17.4 Å². The van der Waals surface area contributed by atoms with E-state index in [0.717, 1.165) is 59.8 Å². The summed E-state index contributed by atoms with van der Waals surface area (Å²) in [5, 5.41) is 4.31. The van der Waals surface area contributed by atoms with Crippen molar-refractivity contribution < 1.29 is 19.0 Å². The van der Waals surface area contributed by atoms with Gasteiger partial charge >= 0.3 is 0 Å². The van der Waals surface area contributed by atoms with E-state index in [1.54, 1.807) is 20.5 Å². The van der Waals surface area contributed by atoms with Gasteiger partial charge in [-0.3, -0.25) is 4.79 Å². The van der Waals surface area contributed by atoms with Gasteiger partial charge in [0.1, 0.15) is 24.0 Å². The van der Waals surface area contributed by atoms with E-state index in [2.05, 4.69) is 59.1 Å². The largest absolute Gasteiger partial charge is 0.495 e. The molecule has 8 heteroatoms. The topological polar surface area (TPSA) is 85.8 Å². The fourth-order valence-corrected chi connectivity index (χ4v) is 6.15. The highest BCUT2D eigenvalue weighted by Gasteiger charge is 2.54. The van der Waals surface area contributed by atoms with Gasteiger partial charge in [0.05, 0.1) is 25.4 Å². The second-order valence-corrected chi connectivity index (χ2v) is 11.8. The summed E-state index contributed by atoms with van der Waals surface area (Å²) in [5.74, 6) is 3.37. The predicted molar refractivity (Wildman–Crippen MR) is 165 cm³/mol. The first-order chi connectivity index (χ1) is 20.4. The lowest BCUT2D eigenvalue weighted by atomic mass is 9.61. The van der Waals surface area contributed by atoms with Gasteiger partial charge in [-0.15, -0.1) is 0 Å². The number of amides is 1. The molecule has 1 saturated heterocycles. The highest BCUT2D eigenvalue weighted by atomic mass is 16.5. The summed E-state index contributed by atoms with van der Waals surface area (Å²) in [6.45, 7) is 7.24. The Bertz CT molecular complexity index is 1560. The standard InChI is InChI=1S/C34H38N4O4/c1-5-32(39)38-19-34(20-38)17-25(18-34)42-31-15-26-27(16-30(31)41-4)35-21-36-33(26)37-28-14-24(12-13-29(28)40-3)22(2)8-6-9-23-10-7-11-23/h5-6,8-9,12-16,21,23,25H,1,7,10-11,17-20H2,2-4H3,(H,35,36,37)/b9-6-,22-8+. The maximum Gasteiger partial charge on any atom is 0.245 e. The fourth-order valence-electron chi connectivity index (χ4n) is 6.15. The molecule has 2 heterocycles. The van der Waals surface area contributed by atoms with E-state index in [0.29, 0.717) is 17.3 Å². The van der Waals surface area contributed by atoms with E-state index in [4.69, 9.17) is 14.2 Å². The summed E-state index contributed by atoms with van der Waals surface area (Å²) in [6, 6.07) is 9.96. The number of anilines is 2. The van der Waals surface area contributed by atoms with Gasteiger partial charge in [0, 0.05) is 30.0 Å². The molecule has 1 aliphatic heterocycles. The third-order valence-corrected chi connectivity index (χ3v) is 8.86. The second kappa shape index (κ2) is 11.5. The smallest absolute Gasteiger partial charge is 0.245 e. The molecule has 1 spiro atoms. The summed E-state index contributed by atoms with van der Waals surface area (Å²) < 4.78 is 17.8. The Kier molecular flexibility index (Phi) is 7.62. The average Bonchev–Trinajstić information content (AvgIpc) is 2.94. The molecule has 3 aliphatic rings. The van der Waals surface area contributed by atoms with Crippen LogP contribution in [-0.4, -0.2) is 54.2 Å². The lowest BCUT2D eigenvalue weighted by molar-refractivity contribution is -0.155. The lowest BCUT2D eigenvalue weighted by Crippen LogP contribution is -2.65. The number of hydrogen-bond acceptors (Lipinski definition) is 7. The van der Waals surface area contributed by atoms with Crippen LogP contribution in [0.4, 0.5) is 11.5 Å². The minimum Gasteiger partial charge on any atom is -0.495 e. The summed E-state index contributed by atoms with van der Waals surface area (Å²) in [4.78, 5) is 22.8. The average molecular weight is 567 g/mol. The highest BCUT2D eigenvalue weighted by molar-refractivity contribution is 5.93. The first-order valence-electron chi connectivity index (χ1n) is 14.6. The number of nitrogens with zero attached hydrogens (tertiary/aromatic N) is 3. The third-order valence-electron chi connectivity index (χ3n) is 8.86. The monoisotopic (exact) mass is 566 g/mol. The molecule has 0 unspecified atom stereocenters. The van der Waals surface area contributed by atoms with Crippen molar-refractivity contribution in [1.82, 2.24) is 14.9 Å². The van der Waals surface area contributed by atoms with Crippen molar-refractivity contribution >= 4 is 33.9 Å². The Labute approximate surface area is 247 Å². The first kappa shape index (κ1) is 27.8. The van der Waals surface area contributed by atoms with Crippen LogP contribution in [0.25, 0.3) is 16.5 Å². The number of likely N-dealkylation sites (tertiary alicyclic amines) is 1. The quantitative estimate of drug-likeness (QED) is 0.216. The van der Waals surface area contributed by atoms with Crippen molar-refractivity contribution in [3.05, 3.63) is 73.1 Å². The van der Waals surface area contributed by atoms with Gasteiger partial charge in [-0.25, -0.2) is 9.97 Å². The Morgan fingerprint density at radius 2 is 1.86 bits per heavy atom. The van der Waals surface area contributed by atoms with E-state index in [1.807, 2.05) is 23.1 Å². The number of nitrogens with one attached hydrogen (secondary N) is 1. The number of fused-ring (bicyclic) bond motifs is 1. The number of carbonyl (C=O) groups is 1. The van der Waals surface area contributed by atoms with Crippen LogP contribution in [0.2, 0.25) is 0 Å². The van der Waals surface area contributed by atoms with Crippen molar-refractivity contribution in [1.29, 1.82) is 0 Å². The first-order valence-corrected chi connectivity index (χ1v) is 14.6. The van der Waals surface area contributed by atoms with Gasteiger partial charge in [-0.1, -0.05) is 37.3 Å². The highest BCUT2D eigenvalue weighted by Crippen LogP contribution is 2.50. The van der Waals surface area contributed by atoms with E-state index >= 15 is 0 Å². The van der Waals surface area contributed by atoms with Crippen LogP contribution in [-0.2, 0) is 4.79 Å². The molecule has 42 heavy (non-hydrogen) atoms. The molecule has 3 aromatic rings. The number of ether oxygens (including phenoxy) is 3. The fraction of sp³-hybridized carbons (Fsp3) is 0.382. The van der Waals surface area contributed by atoms with Gasteiger partial charge in [-0.2, -0.15) is 0 Å². The molecule has 0 radical (unpaired) electrons. The molecule has 1 N–H and O–H groups in total. The molecule has 218 valence electrons. The molecule has 2 aliphatic carbocycles. The predicted octanol–water partition coefficient (Wildman–Crippen LogP) is 6.71. The normalized spacial score (nSPS) is 18.4. The number of methoxy groups -OCH3 is 2. The zero-order valence-corrected chi connectivity index (χ0v) is 24.6. The number of aromatic nitrogens is 2. The number of benzene rings is 2. The van der Waals surface area contributed by atoms with Crippen LogP contribution in [0.3, 0.4) is 0 Å².